The molecule has 1 aliphatic heterocycles. The van der Waals surface area contributed by atoms with E-state index < -0.39 is 10.0 Å². The molecule has 0 atom stereocenters. The molecule has 9 heteroatoms. The van der Waals surface area contributed by atoms with Crippen LogP contribution in [-0.2, 0) is 14.8 Å². The van der Waals surface area contributed by atoms with Crippen LogP contribution in [0, 0.1) is 5.92 Å². The molecule has 0 radical (unpaired) electrons. The molecule has 0 spiro atoms. The first-order valence-corrected chi connectivity index (χ1v) is 12.0. The zero-order valence-electron chi connectivity index (χ0n) is 17.2. The number of carbonyl (C=O) groups excluding carboxylic acids is 2. The highest BCUT2D eigenvalue weighted by Crippen LogP contribution is 2.33. The Morgan fingerprint density at radius 1 is 1.00 bits per heavy atom. The van der Waals surface area contributed by atoms with Gasteiger partial charge in [-0.2, -0.15) is 4.31 Å². The Bertz CT molecular complexity index is 1110. The van der Waals surface area contributed by atoms with Gasteiger partial charge in [-0.25, -0.2) is 8.42 Å². The molecular formula is C22H24ClN3O4S. The minimum absolute atomic E-state index is 0.0256. The third-order valence-corrected chi connectivity index (χ3v) is 7.84. The standard InChI is InChI=1S/C22H24ClN3O4S/c1-24(21(27)16-9-10-16)20-8-3-2-7-19(20)22(28)25-11-13-26(14-12-25)31(29,30)18-6-4-5-17(23)15-18/h2-8,15-16H,9-14H2,1H3. The summed E-state index contributed by atoms with van der Waals surface area (Å²) in [5.74, 6) is -0.128. The molecule has 2 aromatic rings. The van der Waals surface area contributed by atoms with Gasteiger partial charge in [0.25, 0.3) is 5.91 Å². The summed E-state index contributed by atoms with van der Waals surface area (Å²) in [5.41, 5.74) is 1.03. The topological polar surface area (TPSA) is 78.0 Å². The van der Waals surface area contributed by atoms with Crippen LogP contribution in [0.15, 0.2) is 53.4 Å². The molecule has 0 bridgehead atoms. The van der Waals surface area contributed by atoms with Gasteiger partial charge in [-0.05, 0) is 43.2 Å². The molecule has 4 rings (SSSR count). The second kappa shape index (κ2) is 8.61. The molecule has 2 aromatic carbocycles. The Morgan fingerprint density at radius 3 is 2.32 bits per heavy atom. The van der Waals surface area contributed by atoms with Crippen LogP contribution in [0.25, 0.3) is 0 Å². The average molecular weight is 462 g/mol. The van der Waals surface area contributed by atoms with Crippen LogP contribution >= 0.6 is 11.6 Å². The number of nitrogens with zero attached hydrogens (tertiary/aromatic N) is 3. The van der Waals surface area contributed by atoms with Crippen LogP contribution in [0.2, 0.25) is 5.02 Å². The van der Waals surface area contributed by atoms with Gasteiger partial charge in [-0.15, -0.1) is 0 Å². The molecule has 1 heterocycles. The second-order valence-corrected chi connectivity index (χ2v) is 10.2. The van der Waals surface area contributed by atoms with Crippen molar-refractivity contribution in [2.75, 3.05) is 38.1 Å². The normalized spacial score (nSPS) is 17.4. The number of amides is 2. The van der Waals surface area contributed by atoms with Crippen LogP contribution in [0.5, 0.6) is 0 Å². The van der Waals surface area contributed by atoms with E-state index in [-0.39, 0.29) is 48.8 Å². The van der Waals surface area contributed by atoms with E-state index in [1.807, 2.05) is 0 Å². The Morgan fingerprint density at radius 2 is 1.68 bits per heavy atom. The fraction of sp³-hybridized carbons (Fsp3) is 0.364. The molecule has 2 amide bonds. The molecule has 0 aromatic heterocycles. The quantitative estimate of drug-likeness (QED) is 0.686. The third-order valence-electron chi connectivity index (χ3n) is 5.71. The van der Waals surface area contributed by atoms with Gasteiger partial charge in [-0.3, -0.25) is 9.59 Å². The minimum atomic E-state index is -3.68. The molecule has 164 valence electrons. The van der Waals surface area contributed by atoms with E-state index >= 15 is 0 Å². The first-order valence-electron chi connectivity index (χ1n) is 10.2. The van der Waals surface area contributed by atoms with Crippen molar-refractivity contribution in [1.82, 2.24) is 9.21 Å². The van der Waals surface area contributed by atoms with Crippen molar-refractivity contribution in [3.05, 3.63) is 59.1 Å². The highest BCUT2D eigenvalue weighted by Gasteiger charge is 2.35. The number of carbonyl (C=O) groups is 2. The summed E-state index contributed by atoms with van der Waals surface area (Å²) < 4.78 is 27.2. The van der Waals surface area contributed by atoms with Gasteiger partial charge in [0.1, 0.15) is 0 Å². The largest absolute Gasteiger partial charge is 0.336 e. The van der Waals surface area contributed by atoms with E-state index in [1.54, 1.807) is 53.2 Å². The van der Waals surface area contributed by atoms with E-state index in [4.69, 9.17) is 11.6 Å². The predicted molar refractivity (Wildman–Crippen MR) is 119 cm³/mol. The molecule has 7 nitrogen and oxygen atoms in total. The Kier molecular flexibility index (Phi) is 6.05. The number of halogens is 1. The fourth-order valence-corrected chi connectivity index (χ4v) is 5.47. The summed E-state index contributed by atoms with van der Waals surface area (Å²) in [7, 11) is -1.98. The van der Waals surface area contributed by atoms with E-state index in [9.17, 15) is 18.0 Å². The molecule has 0 unspecified atom stereocenters. The number of hydrogen-bond acceptors (Lipinski definition) is 4. The predicted octanol–water partition coefficient (Wildman–Crippen LogP) is 2.86. The Labute approximate surface area is 187 Å². The second-order valence-electron chi connectivity index (χ2n) is 7.84. The maximum Gasteiger partial charge on any atom is 0.256 e. The van der Waals surface area contributed by atoms with Crippen LogP contribution in [0.4, 0.5) is 5.69 Å². The fourth-order valence-electron chi connectivity index (χ4n) is 3.75. The van der Waals surface area contributed by atoms with Gasteiger partial charge >= 0.3 is 0 Å². The number of benzene rings is 2. The Balaban J connectivity index is 1.47. The van der Waals surface area contributed by atoms with E-state index in [0.29, 0.717) is 16.3 Å². The first-order chi connectivity index (χ1) is 14.8. The lowest BCUT2D eigenvalue weighted by Crippen LogP contribution is -2.50. The van der Waals surface area contributed by atoms with Crippen LogP contribution < -0.4 is 4.90 Å². The average Bonchev–Trinajstić information content (AvgIpc) is 3.63. The van der Waals surface area contributed by atoms with Crippen LogP contribution in [-0.4, -0.2) is 62.7 Å². The van der Waals surface area contributed by atoms with Crippen molar-refractivity contribution >= 4 is 39.1 Å². The van der Waals surface area contributed by atoms with Crippen LogP contribution in [0.1, 0.15) is 23.2 Å². The highest BCUT2D eigenvalue weighted by atomic mass is 35.5. The van der Waals surface area contributed by atoms with Crippen molar-refractivity contribution in [1.29, 1.82) is 0 Å². The van der Waals surface area contributed by atoms with Crippen molar-refractivity contribution in [3.8, 4) is 0 Å². The van der Waals surface area contributed by atoms with Gasteiger partial charge < -0.3 is 9.80 Å². The number of rotatable bonds is 5. The first kappa shape index (κ1) is 21.8. The summed E-state index contributed by atoms with van der Waals surface area (Å²) in [4.78, 5) is 29.0. The number of para-hydroxylation sites is 1. The summed E-state index contributed by atoms with van der Waals surface area (Å²) in [6.07, 6.45) is 1.78. The van der Waals surface area contributed by atoms with Crippen molar-refractivity contribution in [2.24, 2.45) is 5.92 Å². The monoisotopic (exact) mass is 461 g/mol. The highest BCUT2D eigenvalue weighted by molar-refractivity contribution is 7.89. The molecule has 2 aliphatic rings. The van der Waals surface area contributed by atoms with E-state index in [0.717, 1.165) is 12.8 Å². The SMILES string of the molecule is CN(C(=O)C1CC1)c1ccccc1C(=O)N1CCN(S(=O)(=O)c2cccc(Cl)c2)CC1. The minimum Gasteiger partial charge on any atom is -0.336 e. The zero-order chi connectivity index (χ0) is 22.2. The van der Waals surface area contributed by atoms with Gasteiger partial charge in [0.2, 0.25) is 15.9 Å². The lowest BCUT2D eigenvalue weighted by molar-refractivity contribution is -0.119. The van der Waals surface area contributed by atoms with Crippen molar-refractivity contribution < 1.29 is 18.0 Å². The maximum absolute atomic E-state index is 13.2. The van der Waals surface area contributed by atoms with Crippen molar-refractivity contribution in [2.45, 2.75) is 17.7 Å². The number of piperazine rings is 1. The zero-order valence-corrected chi connectivity index (χ0v) is 18.8. The summed E-state index contributed by atoms with van der Waals surface area (Å²) in [5, 5.41) is 0.358. The third kappa shape index (κ3) is 4.46. The lowest BCUT2D eigenvalue weighted by Gasteiger charge is -2.34. The van der Waals surface area contributed by atoms with Crippen LogP contribution in [0.3, 0.4) is 0 Å². The number of sulfonamides is 1. The summed E-state index contributed by atoms with van der Waals surface area (Å²) in [6.45, 7) is 0.930. The molecule has 1 saturated heterocycles. The molecule has 1 aliphatic carbocycles. The number of hydrogen-bond donors (Lipinski definition) is 0. The molecule has 1 saturated carbocycles. The van der Waals surface area contributed by atoms with Gasteiger partial charge in [0.05, 0.1) is 16.1 Å². The number of anilines is 1. The van der Waals surface area contributed by atoms with E-state index in [2.05, 4.69) is 0 Å². The van der Waals surface area contributed by atoms with Gasteiger partial charge in [-0.1, -0.05) is 29.8 Å². The molecular weight excluding hydrogens is 438 g/mol. The Hall–Kier alpha value is -2.42. The lowest BCUT2D eigenvalue weighted by atomic mass is 10.1. The van der Waals surface area contributed by atoms with Gasteiger partial charge in [0.15, 0.2) is 0 Å². The van der Waals surface area contributed by atoms with E-state index in [1.165, 1.54) is 16.4 Å². The van der Waals surface area contributed by atoms with Crippen molar-refractivity contribution in [3.63, 3.8) is 0 Å². The van der Waals surface area contributed by atoms with Gasteiger partial charge in [0, 0.05) is 44.2 Å². The molecule has 0 N–H and O–H groups in total. The summed E-state index contributed by atoms with van der Waals surface area (Å²) >= 11 is 5.94. The molecule has 31 heavy (non-hydrogen) atoms. The summed E-state index contributed by atoms with van der Waals surface area (Å²) in [6, 6.07) is 13.2. The molecule has 2 fully saturated rings. The smallest absolute Gasteiger partial charge is 0.256 e. The maximum atomic E-state index is 13.2.